The van der Waals surface area contributed by atoms with Crippen molar-refractivity contribution in [3.05, 3.63) is 89.6 Å². The molecular formula is C26H31N7O. The maximum atomic E-state index is 12.7. The number of hydrogen-bond acceptors (Lipinski definition) is 6. The fraction of sp³-hybridized carbons (Fsp3) is 0.269. The second-order valence-electron chi connectivity index (χ2n) is 8.44. The van der Waals surface area contributed by atoms with Gasteiger partial charge in [-0.1, -0.05) is 24.8 Å². The second-order valence-corrected chi connectivity index (χ2v) is 8.44. The van der Waals surface area contributed by atoms with Crippen LogP contribution in [0.15, 0.2) is 72.7 Å². The Balaban J connectivity index is 0.00000342. The van der Waals surface area contributed by atoms with Crippen LogP contribution in [0.2, 0.25) is 0 Å². The predicted molar refractivity (Wildman–Crippen MR) is 136 cm³/mol. The second kappa shape index (κ2) is 10.2. The maximum Gasteiger partial charge on any atom is 0.274 e. The van der Waals surface area contributed by atoms with Crippen LogP contribution in [0.25, 0.3) is 0 Å². The summed E-state index contributed by atoms with van der Waals surface area (Å²) in [6.45, 7) is 7.99. The van der Waals surface area contributed by atoms with Crippen molar-refractivity contribution >= 4 is 23.4 Å². The molecule has 0 bridgehead atoms. The number of anilines is 1. The van der Waals surface area contributed by atoms with Crippen LogP contribution < -0.4 is 10.2 Å². The van der Waals surface area contributed by atoms with Gasteiger partial charge in [0.2, 0.25) is 0 Å². The lowest BCUT2D eigenvalue weighted by molar-refractivity contribution is 0.0962. The third-order valence-corrected chi connectivity index (χ3v) is 5.98. The molecule has 2 aromatic heterocycles. The van der Waals surface area contributed by atoms with E-state index in [4.69, 9.17) is 10.8 Å². The van der Waals surface area contributed by atoms with Crippen molar-refractivity contribution in [2.75, 3.05) is 18.0 Å². The van der Waals surface area contributed by atoms with Crippen LogP contribution in [0.3, 0.4) is 0 Å². The Bertz CT molecular complexity index is 1190. The number of carbonyl (C=O) groups excluding carboxylic acids is 1. The molecule has 0 radical (unpaired) electrons. The number of rotatable bonds is 6. The number of allylic oxidation sites excluding steroid dienone is 3. The molecule has 34 heavy (non-hydrogen) atoms. The molecule has 4 rings (SSSR count). The minimum absolute atomic E-state index is 0. The van der Waals surface area contributed by atoms with Gasteiger partial charge in [0, 0.05) is 45.6 Å². The summed E-state index contributed by atoms with van der Waals surface area (Å²) < 4.78 is 0. The molecule has 4 heterocycles. The zero-order valence-corrected chi connectivity index (χ0v) is 19.3. The Labute approximate surface area is 201 Å². The first kappa shape index (κ1) is 23.1. The molecule has 2 aliphatic rings. The maximum absolute atomic E-state index is 12.7. The van der Waals surface area contributed by atoms with Crippen LogP contribution in [-0.4, -0.2) is 45.5 Å². The average Bonchev–Trinajstić information content (AvgIpc) is 3.29. The average molecular weight is 458 g/mol. The highest BCUT2D eigenvalue weighted by atomic mass is 16.1. The first-order valence-electron chi connectivity index (χ1n) is 11.4. The van der Waals surface area contributed by atoms with Crippen LogP contribution in [-0.2, 0) is 13.0 Å². The highest BCUT2D eigenvalue weighted by molar-refractivity contribution is 6.07. The summed E-state index contributed by atoms with van der Waals surface area (Å²) >= 11 is 0. The van der Waals surface area contributed by atoms with Crippen LogP contribution in [0.5, 0.6) is 0 Å². The third-order valence-electron chi connectivity index (χ3n) is 5.98. The van der Waals surface area contributed by atoms with Gasteiger partial charge in [-0.2, -0.15) is 0 Å². The van der Waals surface area contributed by atoms with Gasteiger partial charge in [-0.25, -0.2) is 4.98 Å². The molecule has 1 amide bonds. The standard InChI is InChI=1S/C26H29N7O.H2/c1-18(25(28)33-13-6-9-23(33)27)7-5-8-19(2)31-26(34)22-15-21-17-32(14-11-20(21)16-30-22)24-10-3-4-12-29-24;/h3-5,7-8,10,12,15-16,27-28H,2,6,9,11,13-14,17H2,1H3,(H,31,34);1H/b8-5-,18-7+,27-23?,28-25?;. The van der Waals surface area contributed by atoms with Gasteiger partial charge >= 0.3 is 0 Å². The fourth-order valence-corrected chi connectivity index (χ4v) is 4.07. The van der Waals surface area contributed by atoms with E-state index in [2.05, 4.69) is 26.8 Å². The molecular weight excluding hydrogens is 426 g/mol. The summed E-state index contributed by atoms with van der Waals surface area (Å²) in [5, 5.41) is 18.9. The van der Waals surface area contributed by atoms with Crippen molar-refractivity contribution in [3.8, 4) is 0 Å². The van der Waals surface area contributed by atoms with E-state index in [1.54, 1.807) is 35.5 Å². The molecule has 0 unspecified atom stereocenters. The number of aromatic nitrogens is 2. The van der Waals surface area contributed by atoms with Gasteiger partial charge in [-0.05, 0) is 60.7 Å². The third kappa shape index (κ3) is 5.28. The first-order chi connectivity index (χ1) is 16.4. The van der Waals surface area contributed by atoms with Gasteiger partial charge < -0.3 is 15.1 Å². The molecule has 0 aliphatic carbocycles. The lowest BCUT2D eigenvalue weighted by Crippen LogP contribution is -2.32. The van der Waals surface area contributed by atoms with Crippen LogP contribution in [0.1, 0.15) is 42.8 Å². The largest absolute Gasteiger partial charge is 0.352 e. The molecule has 2 aliphatic heterocycles. The van der Waals surface area contributed by atoms with Crippen molar-refractivity contribution in [1.29, 1.82) is 10.8 Å². The molecule has 1 saturated heterocycles. The van der Waals surface area contributed by atoms with E-state index in [0.29, 0.717) is 42.6 Å². The van der Waals surface area contributed by atoms with E-state index in [1.807, 2.05) is 31.2 Å². The molecule has 8 heteroatoms. The molecule has 176 valence electrons. The lowest BCUT2D eigenvalue weighted by atomic mass is 10.0. The minimum atomic E-state index is -0.314. The highest BCUT2D eigenvalue weighted by Gasteiger charge is 2.21. The summed E-state index contributed by atoms with van der Waals surface area (Å²) in [6, 6.07) is 7.70. The monoisotopic (exact) mass is 457 g/mol. The number of likely N-dealkylation sites (tertiary alicyclic amines) is 1. The minimum Gasteiger partial charge on any atom is -0.352 e. The van der Waals surface area contributed by atoms with Crippen molar-refractivity contribution in [1.82, 2.24) is 20.2 Å². The van der Waals surface area contributed by atoms with E-state index in [9.17, 15) is 4.79 Å². The van der Waals surface area contributed by atoms with E-state index in [1.165, 1.54) is 0 Å². The predicted octanol–water partition coefficient (Wildman–Crippen LogP) is 4.08. The van der Waals surface area contributed by atoms with Crippen LogP contribution in [0, 0.1) is 10.8 Å². The summed E-state index contributed by atoms with van der Waals surface area (Å²) in [7, 11) is 0. The Hall–Kier alpha value is -4.07. The highest BCUT2D eigenvalue weighted by Crippen LogP contribution is 2.23. The molecule has 0 aromatic carbocycles. The molecule has 8 nitrogen and oxygen atoms in total. The SMILES string of the molecule is C=C(/C=C\C=C(/C)C(=N)N1CCCC1=N)NC(=O)c1cc2c(cn1)CCN(c1ccccn1)C2.[HH]. The van der Waals surface area contributed by atoms with Crippen LogP contribution in [0.4, 0.5) is 5.82 Å². The topological polar surface area (TPSA) is 109 Å². The quantitative estimate of drug-likeness (QED) is 0.344. The van der Waals surface area contributed by atoms with Gasteiger partial charge in [0.1, 0.15) is 23.2 Å². The molecule has 0 saturated carbocycles. The van der Waals surface area contributed by atoms with Crippen molar-refractivity contribution in [3.63, 3.8) is 0 Å². The van der Waals surface area contributed by atoms with Gasteiger partial charge in [0.05, 0.1) is 0 Å². The summed E-state index contributed by atoms with van der Waals surface area (Å²) in [4.78, 5) is 25.4. The number of amides is 1. The van der Waals surface area contributed by atoms with Gasteiger partial charge in [-0.15, -0.1) is 0 Å². The smallest absolute Gasteiger partial charge is 0.274 e. The Morgan fingerprint density at radius 1 is 1.24 bits per heavy atom. The number of fused-ring (bicyclic) bond motifs is 1. The van der Waals surface area contributed by atoms with E-state index in [0.717, 1.165) is 41.9 Å². The normalized spacial score (nSPS) is 16.0. The van der Waals surface area contributed by atoms with Crippen molar-refractivity contribution in [2.45, 2.75) is 32.7 Å². The van der Waals surface area contributed by atoms with E-state index < -0.39 is 0 Å². The zero-order valence-electron chi connectivity index (χ0n) is 19.3. The Morgan fingerprint density at radius 2 is 2.09 bits per heavy atom. The molecule has 0 spiro atoms. The molecule has 0 atom stereocenters. The zero-order chi connectivity index (χ0) is 24.1. The molecule has 2 aromatic rings. The lowest BCUT2D eigenvalue weighted by Gasteiger charge is -2.29. The molecule has 3 N–H and O–H groups in total. The number of nitrogens with one attached hydrogen (secondary N) is 3. The Kier molecular flexibility index (Phi) is 6.96. The summed E-state index contributed by atoms with van der Waals surface area (Å²) in [5.41, 5.74) is 3.75. The summed E-state index contributed by atoms with van der Waals surface area (Å²) in [6.07, 6.45) is 11.3. The Morgan fingerprint density at radius 3 is 2.82 bits per heavy atom. The number of carbonyl (C=O) groups is 1. The fourth-order valence-electron chi connectivity index (χ4n) is 4.07. The van der Waals surface area contributed by atoms with Crippen molar-refractivity contribution in [2.24, 2.45) is 0 Å². The van der Waals surface area contributed by atoms with Crippen LogP contribution >= 0.6 is 0 Å². The van der Waals surface area contributed by atoms with E-state index in [-0.39, 0.29) is 7.33 Å². The number of hydrogen-bond donors (Lipinski definition) is 3. The number of pyridine rings is 2. The van der Waals surface area contributed by atoms with Gasteiger partial charge in [0.15, 0.2) is 0 Å². The van der Waals surface area contributed by atoms with Gasteiger partial charge in [0.25, 0.3) is 5.91 Å². The van der Waals surface area contributed by atoms with Crippen molar-refractivity contribution < 1.29 is 6.22 Å². The van der Waals surface area contributed by atoms with Gasteiger partial charge in [-0.3, -0.25) is 20.6 Å². The number of amidine groups is 2. The molecule has 1 fully saturated rings. The summed E-state index contributed by atoms with van der Waals surface area (Å²) in [5.74, 6) is 1.43. The number of nitrogens with zero attached hydrogens (tertiary/aromatic N) is 4. The first-order valence-corrected chi connectivity index (χ1v) is 11.4. The van der Waals surface area contributed by atoms with E-state index >= 15 is 0 Å².